The first-order valence-electron chi connectivity index (χ1n) is 10.5. The first-order chi connectivity index (χ1) is 16.4. The van der Waals surface area contributed by atoms with Gasteiger partial charge in [0.25, 0.3) is 0 Å². The number of aliphatic hydroxyl groups is 1. The number of fused-ring (bicyclic) bond motifs is 2. The molecule has 0 saturated carbocycles. The summed E-state index contributed by atoms with van der Waals surface area (Å²) in [5.74, 6) is -1.23. The SMILES string of the molecule is O=C1[NH2+][C@@H](c2ccc(Cl)cc2Cl)[C@H](C(O)NOCc2ccc3[nH]c(=O)oc3c2)c2ccccc21. The van der Waals surface area contributed by atoms with Crippen molar-refractivity contribution in [1.82, 2.24) is 10.5 Å². The number of carbonyl (C=O) groups excluding carboxylic acids is 1. The van der Waals surface area contributed by atoms with Crippen LogP contribution in [0.4, 0.5) is 0 Å². The van der Waals surface area contributed by atoms with Crippen molar-refractivity contribution in [2.45, 2.75) is 24.8 Å². The molecule has 34 heavy (non-hydrogen) atoms. The van der Waals surface area contributed by atoms with Gasteiger partial charge in [0.05, 0.1) is 28.6 Å². The Bertz CT molecular complexity index is 1430. The fourth-order valence-corrected chi connectivity index (χ4v) is 4.88. The standard InChI is InChI=1S/C24H19Cl2N3O5/c25-13-6-7-16(17(26)10-13)21-20(14-3-1-2-4-15(14)22(30)28-21)23(31)29-33-11-12-5-8-18-19(9-12)34-24(32)27-18/h1-10,20-21,23,29,31H,11H2,(H,27,32)(H,28,30)/p+1/t20-,21+,23?/m1/s1. The van der Waals surface area contributed by atoms with Gasteiger partial charge in [0.15, 0.2) is 5.58 Å². The topological polar surface area (TPSA) is 121 Å². The molecule has 0 fully saturated rings. The molecule has 1 aliphatic rings. The van der Waals surface area contributed by atoms with Crippen LogP contribution < -0.4 is 16.6 Å². The monoisotopic (exact) mass is 500 g/mol. The van der Waals surface area contributed by atoms with Gasteiger partial charge in [-0.05, 0) is 41.5 Å². The van der Waals surface area contributed by atoms with Crippen LogP contribution in [0.5, 0.6) is 0 Å². The number of rotatable bonds is 6. The van der Waals surface area contributed by atoms with E-state index in [0.717, 1.165) is 5.56 Å². The van der Waals surface area contributed by atoms with Crippen LogP contribution >= 0.6 is 23.2 Å². The Labute approximate surface area is 203 Å². The minimum atomic E-state index is -1.17. The van der Waals surface area contributed by atoms with E-state index in [1.807, 2.05) is 12.1 Å². The van der Waals surface area contributed by atoms with E-state index in [2.05, 4.69) is 10.5 Å². The molecule has 1 amide bonds. The van der Waals surface area contributed by atoms with E-state index in [9.17, 15) is 14.7 Å². The number of primary amides is 1. The fraction of sp³-hybridized carbons (Fsp3) is 0.167. The number of aromatic amines is 1. The summed E-state index contributed by atoms with van der Waals surface area (Å²) < 4.78 is 5.07. The van der Waals surface area contributed by atoms with Crippen molar-refractivity contribution in [3.63, 3.8) is 0 Å². The highest BCUT2D eigenvalue weighted by Gasteiger charge is 2.43. The van der Waals surface area contributed by atoms with Crippen LogP contribution in [-0.2, 0) is 11.4 Å². The number of halogens is 2. The summed E-state index contributed by atoms with van der Waals surface area (Å²) >= 11 is 12.5. The van der Waals surface area contributed by atoms with Crippen LogP contribution in [0.3, 0.4) is 0 Å². The molecule has 0 radical (unpaired) electrons. The zero-order valence-electron chi connectivity index (χ0n) is 17.6. The lowest BCUT2D eigenvalue weighted by Gasteiger charge is -2.34. The number of H-pyrrole nitrogens is 1. The maximum atomic E-state index is 12.8. The van der Waals surface area contributed by atoms with E-state index in [1.54, 1.807) is 53.8 Å². The van der Waals surface area contributed by atoms with Crippen LogP contribution in [0.15, 0.2) is 69.9 Å². The van der Waals surface area contributed by atoms with Gasteiger partial charge in [0.1, 0.15) is 12.3 Å². The Hall–Kier alpha value is -2.98. The highest BCUT2D eigenvalue weighted by Crippen LogP contribution is 2.38. The first-order valence-corrected chi connectivity index (χ1v) is 11.3. The Morgan fingerprint density at radius 1 is 1.09 bits per heavy atom. The number of amides is 1. The molecule has 5 rings (SSSR count). The van der Waals surface area contributed by atoms with Crippen LogP contribution in [0.1, 0.15) is 39.0 Å². The van der Waals surface area contributed by atoms with Gasteiger partial charge in [0.2, 0.25) is 0 Å². The van der Waals surface area contributed by atoms with Gasteiger partial charge in [0, 0.05) is 10.6 Å². The minimum Gasteiger partial charge on any atom is -0.408 e. The lowest BCUT2D eigenvalue weighted by Crippen LogP contribution is -2.92. The molecule has 1 aliphatic heterocycles. The second kappa shape index (κ2) is 9.34. The molecule has 174 valence electrons. The van der Waals surface area contributed by atoms with Crippen molar-refractivity contribution >= 4 is 40.2 Å². The second-order valence-corrected chi connectivity index (χ2v) is 8.88. The molecule has 0 aliphatic carbocycles. The molecule has 10 heteroatoms. The van der Waals surface area contributed by atoms with Crippen molar-refractivity contribution < 1.29 is 24.5 Å². The summed E-state index contributed by atoms with van der Waals surface area (Å²) in [7, 11) is 0. The predicted octanol–water partition coefficient (Wildman–Crippen LogP) is 3.01. The van der Waals surface area contributed by atoms with E-state index in [-0.39, 0.29) is 12.5 Å². The number of benzene rings is 3. The summed E-state index contributed by atoms with van der Waals surface area (Å²) in [4.78, 5) is 32.3. The zero-order valence-corrected chi connectivity index (χ0v) is 19.1. The Kier molecular flexibility index (Phi) is 6.26. The molecular formula is C24H20Cl2N3O5+. The number of oxazole rings is 1. The molecule has 3 aromatic carbocycles. The number of carbonyl (C=O) groups is 1. The molecule has 1 unspecified atom stereocenters. The molecule has 3 atom stereocenters. The van der Waals surface area contributed by atoms with Gasteiger partial charge in [-0.3, -0.25) is 15.1 Å². The number of aromatic nitrogens is 1. The van der Waals surface area contributed by atoms with Gasteiger partial charge in [-0.2, -0.15) is 5.48 Å². The summed E-state index contributed by atoms with van der Waals surface area (Å²) in [5.41, 5.74) is 6.31. The molecule has 0 spiro atoms. The molecule has 2 heterocycles. The van der Waals surface area contributed by atoms with Crippen molar-refractivity contribution in [3.05, 3.63) is 104 Å². The maximum absolute atomic E-state index is 12.8. The van der Waals surface area contributed by atoms with Crippen LogP contribution in [-0.4, -0.2) is 22.2 Å². The fourth-order valence-electron chi connectivity index (χ4n) is 4.35. The third kappa shape index (κ3) is 4.39. The van der Waals surface area contributed by atoms with E-state index in [4.69, 9.17) is 32.5 Å². The van der Waals surface area contributed by atoms with Gasteiger partial charge >= 0.3 is 11.7 Å². The number of aliphatic hydroxyl groups excluding tert-OH is 1. The first kappa shape index (κ1) is 22.8. The number of nitrogens with two attached hydrogens (primary N) is 1. The summed E-state index contributed by atoms with van der Waals surface area (Å²) in [6.45, 7) is 0.102. The summed E-state index contributed by atoms with van der Waals surface area (Å²) in [6.07, 6.45) is -1.17. The van der Waals surface area contributed by atoms with Crippen molar-refractivity contribution in [3.8, 4) is 0 Å². The molecule has 4 aromatic rings. The van der Waals surface area contributed by atoms with Crippen LogP contribution in [0.25, 0.3) is 11.1 Å². The third-order valence-corrected chi connectivity index (χ3v) is 6.46. The Morgan fingerprint density at radius 3 is 2.74 bits per heavy atom. The van der Waals surface area contributed by atoms with E-state index in [1.165, 1.54) is 0 Å². The zero-order chi connectivity index (χ0) is 23.8. The van der Waals surface area contributed by atoms with Crippen molar-refractivity contribution in [1.29, 1.82) is 0 Å². The number of nitrogens with one attached hydrogen (secondary N) is 2. The maximum Gasteiger partial charge on any atom is 0.417 e. The van der Waals surface area contributed by atoms with Gasteiger partial charge in [-0.25, -0.2) is 9.59 Å². The molecular weight excluding hydrogens is 481 g/mol. The summed E-state index contributed by atoms with van der Waals surface area (Å²) in [6, 6.07) is 16.9. The number of hydrogen-bond donors (Lipinski definition) is 4. The Balaban J connectivity index is 1.39. The molecule has 8 nitrogen and oxygen atoms in total. The van der Waals surface area contributed by atoms with Gasteiger partial charge in [-0.15, -0.1) is 0 Å². The quantitative estimate of drug-likeness (QED) is 0.238. The number of hydroxylamine groups is 1. The number of quaternary nitrogens is 1. The molecule has 0 bridgehead atoms. The van der Waals surface area contributed by atoms with E-state index >= 15 is 0 Å². The minimum absolute atomic E-state index is 0.102. The number of hydrogen-bond acceptors (Lipinski definition) is 6. The largest absolute Gasteiger partial charge is 0.417 e. The van der Waals surface area contributed by atoms with Crippen molar-refractivity contribution in [2.24, 2.45) is 0 Å². The smallest absolute Gasteiger partial charge is 0.408 e. The second-order valence-electron chi connectivity index (χ2n) is 8.03. The van der Waals surface area contributed by atoms with E-state index < -0.39 is 23.9 Å². The van der Waals surface area contributed by atoms with Crippen LogP contribution in [0, 0.1) is 0 Å². The van der Waals surface area contributed by atoms with Gasteiger partial charge in [-0.1, -0.05) is 53.5 Å². The van der Waals surface area contributed by atoms with Gasteiger partial charge < -0.3 is 9.52 Å². The van der Waals surface area contributed by atoms with Crippen molar-refractivity contribution in [2.75, 3.05) is 0 Å². The Morgan fingerprint density at radius 2 is 1.91 bits per heavy atom. The normalized spacial score (nSPS) is 18.7. The molecule has 1 aromatic heterocycles. The predicted molar refractivity (Wildman–Crippen MR) is 125 cm³/mol. The van der Waals surface area contributed by atoms with E-state index in [0.29, 0.717) is 37.8 Å². The lowest BCUT2D eigenvalue weighted by atomic mass is 9.80. The average molecular weight is 501 g/mol. The highest BCUT2D eigenvalue weighted by atomic mass is 35.5. The molecule has 0 saturated heterocycles. The van der Waals surface area contributed by atoms with Crippen LogP contribution in [0.2, 0.25) is 10.0 Å². The third-order valence-electron chi connectivity index (χ3n) is 5.89. The molecule has 5 N–H and O–H groups in total. The lowest BCUT2D eigenvalue weighted by molar-refractivity contribution is -0.610. The summed E-state index contributed by atoms with van der Waals surface area (Å²) in [5, 5.41) is 13.6. The highest BCUT2D eigenvalue weighted by molar-refractivity contribution is 6.35. The average Bonchev–Trinajstić information content (AvgIpc) is 3.18.